The second-order valence-electron chi connectivity index (χ2n) is 23.2. The van der Waals surface area contributed by atoms with Gasteiger partial charge in [-0.2, -0.15) is 0 Å². The van der Waals surface area contributed by atoms with Crippen molar-refractivity contribution in [3.63, 3.8) is 0 Å². The number of nitrogens with zero attached hydrogens (tertiary/aromatic N) is 1. The minimum Gasteiger partial charge on any atom is -0.508 e. The molecule has 0 spiro atoms. The molecule has 0 aliphatic carbocycles. The first-order valence-electron chi connectivity index (χ1n) is 31.2. The lowest BCUT2D eigenvalue weighted by Crippen LogP contribution is -2.62. The molecule has 32 nitrogen and oxygen atoms in total. The van der Waals surface area contributed by atoms with Crippen molar-refractivity contribution >= 4 is 82.0 Å². The Balaban J connectivity index is 1.44. The molecule has 9 atom stereocenters. The molecule has 5 rings (SSSR count). The zero-order valence-corrected chi connectivity index (χ0v) is 53.0. The lowest BCUT2D eigenvalue weighted by molar-refractivity contribution is -0.142. The van der Waals surface area contributed by atoms with Crippen LogP contribution in [0, 0.1) is 16.7 Å². The first-order valence-corrected chi connectivity index (χ1v) is 31.2. The number of nitrogens with one attached hydrogen (secondary N) is 14. The number of H-pyrrole nitrogens is 2. The second-order valence-corrected chi connectivity index (χ2v) is 23.2. The number of rotatable bonds is 41. The molecule has 95 heavy (non-hydrogen) atoms. The van der Waals surface area contributed by atoms with E-state index < -0.39 is 126 Å². The Morgan fingerprint density at radius 3 is 1.54 bits per heavy atom. The number of aromatic amines is 2. The van der Waals surface area contributed by atoms with E-state index in [0.717, 1.165) is 5.52 Å². The quantitative estimate of drug-likeness (QED) is 0.0118. The number of hydrogen-bond donors (Lipinski definition) is 21. The van der Waals surface area contributed by atoms with E-state index in [-0.39, 0.29) is 102 Å². The number of nitrogens with two attached hydrogens (primary N) is 4. The molecular formula is C63H89N19O13. The highest BCUT2D eigenvalue weighted by Crippen LogP contribution is 2.21. The molecule has 32 heteroatoms. The van der Waals surface area contributed by atoms with Crippen LogP contribution in [0.25, 0.3) is 10.9 Å². The molecule has 0 fully saturated rings. The third kappa shape index (κ3) is 25.8. The smallest absolute Gasteiger partial charge is 0.326 e. The van der Waals surface area contributed by atoms with Crippen LogP contribution in [0.3, 0.4) is 0 Å². The lowest BCUT2D eigenvalue weighted by atomic mass is 9.98. The Morgan fingerprint density at radius 2 is 1.00 bits per heavy atom. The van der Waals surface area contributed by atoms with Crippen molar-refractivity contribution < 1.29 is 63.3 Å². The number of unbranched alkanes of at least 4 members (excludes halogenated alkanes) is 1. The predicted octanol–water partition coefficient (Wildman–Crippen LogP) is -1.67. The average molecular weight is 1320 g/mol. The number of aromatic hydroxyl groups is 1. The summed E-state index contributed by atoms with van der Waals surface area (Å²) in [5, 5.41) is 71.8. The summed E-state index contributed by atoms with van der Waals surface area (Å²) in [6.07, 6.45) is 3.92. The zero-order valence-electron chi connectivity index (χ0n) is 53.0. The fourth-order valence-corrected chi connectivity index (χ4v) is 10.1. The van der Waals surface area contributed by atoms with Gasteiger partial charge in [0.05, 0.1) is 18.1 Å². The maximum absolute atomic E-state index is 14.9. The van der Waals surface area contributed by atoms with E-state index in [1.807, 2.05) is 6.07 Å². The molecule has 25 N–H and O–H groups in total. The van der Waals surface area contributed by atoms with Crippen LogP contribution in [-0.2, 0) is 73.6 Å². The Morgan fingerprint density at radius 1 is 0.526 bits per heavy atom. The molecular weight excluding hydrogens is 1230 g/mol. The number of carboxylic acids is 2. The van der Waals surface area contributed by atoms with E-state index in [2.05, 4.69) is 68.1 Å². The van der Waals surface area contributed by atoms with Gasteiger partial charge in [0, 0.05) is 68.5 Å². The van der Waals surface area contributed by atoms with Crippen LogP contribution in [-0.4, -0.2) is 175 Å². The molecule has 0 bridgehead atoms. The van der Waals surface area contributed by atoms with Gasteiger partial charge in [0.2, 0.25) is 47.3 Å². The molecule has 2 aromatic heterocycles. The van der Waals surface area contributed by atoms with Gasteiger partial charge in [-0.3, -0.25) is 54.0 Å². The van der Waals surface area contributed by atoms with Crippen molar-refractivity contribution in [1.29, 1.82) is 10.8 Å². The van der Waals surface area contributed by atoms with Gasteiger partial charge in [-0.25, -0.2) is 9.78 Å². The SMILES string of the molecule is CC(C)[C@@H](NC(=O)[C@H](Cc1ccc(O)cc1)NC(=O)[C@@H](CCCCN)NC(=O)[C@H](CCCNC(=N)N)NC(=O)[C@@H](N)CCC(=O)O)C(=O)N[C@@H](Cc1ccccc1)C(=O)N[C@H](Cc1c[nH]cn1)C(=O)N[C@@H](Cc1c[nH]c2ccccc12)C(=O)N[C@@H](CCCNC(=N)N)C(=O)O. The van der Waals surface area contributed by atoms with Crippen molar-refractivity contribution in [3.8, 4) is 5.75 Å². The van der Waals surface area contributed by atoms with Crippen LogP contribution in [0.5, 0.6) is 5.75 Å². The number of amides is 8. The largest absolute Gasteiger partial charge is 0.508 e. The van der Waals surface area contributed by atoms with Gasteiger partial charge in [0.25, 0.3) is 0 Å². The first kappa shape index (κ1) is 75.1. The number of carbonyl (C=O) groups excluding carboxylic acids is 8. The maximum atomic E-state index is 14.9. The van der Waals surface area contributed by atoms with Crippen molar-refractivity contribution in [1.82, 2.24) is 68.1 Å². The van der Waals surface area contributed by atoms with E-state index in [9.17, 15) is 63.3 Å². The van der Waals surface area contributed by atoms with Gasteiger partial charge in [-0.15, -0.1) is 0 Å². The first-order chi connectivity index (χ1) is 45.3. The minimum absolute atomic E-state index is 0.0176. The number of para-hydroxylation sites is 1. The van der Waals surface area contributed by atoms with Crippen LogP contribution < -0.4 is 76.1 Å². The summed E-state index contributed by atoms with van der Waals surface area (Å²) in [5.41, 5.74) is 25.2. The minimum atomic E-state index is -1.51. The van der Waals surface area contributed by atoms with Crippen LogP contribution >= 0.6 is 0 Å². The number of fused-ring (bicyclic) bond motifs is 1. The van der Waals surface area contributed by atoms with E-state index in [0.29, 0.717) is 40.6 Å². The second kappa shape index (κ2) is 38.4. The number of aromatic nitrogens is 3. The lowest BCUT2D eigenvalue weighted by Gasteiger charge is -2.29. The maximum Gasteiger partial charge on any atom is 0.326 e. The number of phenols is 1. The molecule has 0 saturated heterocycles. The average Bonchev–Trinajstić information content (AvgIpc) is 1.78. The Bertz CT molecular complexity index is 3390. The summed E-state index contributed by atoms with van der Waals surface area (Å²) >= 11 is 0. The van der Waals surface area contributed by atoms with E-state index in [1.165, 1.54) is 36.8 Å². The summed E-state index contributed by atoms with van der Waals surface area (Å²) in [5.74, 6) is -11.0. The third-order valence-electron chi connectivity index (χ3n) is 15.3. The number of guanidine groups is 2. The molecule has 0 unspecified atom stereocenters. The van der Waals surface area contributed by atoms with Crippen molar-refractivity contribution in [2.24, 2.45) is 28.9 Å². The van der Waals surface area contributed by atoms with Crippen LogP contribution in [0.1, 0.15) is 94.0 Å². The van der Waals surface area contributed by atoms with Crippen molar-refractivity contribution in [2.45, 2.75) is 152 Å². The number of carbonyl (C=O) groups is 10. The standard InChI is InChI=1S/C63H89N19O13/c1-35(2)52(82-59(92)48(29-37-19-21-40(83)22-20-37)78-55(88)44(16-8-9-25-64)76-54(87)45(17-10-26-71-62(66)67)75-53(86)42(65)23-24-51(84)85)60(93)81-47(28-36-12-4-3-5-13-36)56(89)80-50(31-39-33-70-34-74-39)58(91)79-49(30-38-32-73-43-15-7-6-14-41(38)43)57(90)77-46(61(94)95)18-11-27-72-63(68)69/h3-7,12-15,19-22,32-35,42,44-50,52,73,83H,8-11,16-18,23-31,64-65H2,1-2H3,(H,70,74)(H,75,86)(H,76,87)(H,77,90)(H,78,88)(H,79,91)(H,80,89)(H,81,93)(H,82,92)(H,84,85)(H,94,95)(H4,66,67,71)(H4,68,69,72)/t42-,44+,45-,46-,47-,48-,49-,50+,52+/m0/s1. The van der Waals surface area contributed by atoms with Gasteiger partial charge >= 0.3 is 11.9 Å². The third-order valence-corrected chi connectivity index (χ3v) is 15.3. The van der Waals surface area contributed by atoms with Gasteiger partial charge in [0.1, 0.15) is 54.1 Å². The molecule has 0 radical (unpaired) electrons. The highest BCUT2D eigenvalue weighted by Gasteiger charge is 2.37. The fraction of sp³-hybridized carbons (Fsp3) is 0.444. The molecule has 8 amide bonds. The number of aliphatic carboxylic acids is 2. The summed E-state index contributed by atoms with van der Waals surface area (Å²) in [6.45, 7) is 3.71. The van der Waals surface area contributed by atoms with Crippen LogP contribution in [0.2, 0.25) is 0 Å². The van der Waals surface area contributed by atoms with E-state index in [4.69, 9.17) is 33.8 Å². The molecule has 3 aromatic carbocycles. The number of phenolic OH excluding ortho intramolecular Hbond substituents is 1. The van der Waals surface area contributed by atoms with Crippen molar-refractivity contribution in [2.75, 3.05) is 19.6 Å². The summed E-state index contributed by atoms with van der Waals surface area (Å²) in [4.78, 5) is 150. The molecule has 5 aromatic rings. The number of hydrogen-bond acceptors (Lipinski definition) is 16. The molecule has 0 saturated carbocycles. The molecule has 514 valence electrons. The number of benzene rings is 3. The van der Waals surface area contributed by atoms with Crippen molar-refractivity contribution in [3.05, 3.63) is 120 Å². The molecule has 2 heterocycles. The Labute approximate surface area is 548 Å². The topological polar surface area (TPSA) is 548 Å². The Kier molecular flexibility index (Phi) is 30.4. The number of carboxylic acid groups (broad SMARTS) is 2. The van der Waals surface area contributed by atoms with Gasteiger partial charge in [-0.05, 0) is 98.7 Å². The van der Waals surface area contributed by atoms with E-state index in [1.54, 1.807) is 68.6 Å². The Hall–Kier alpha value is -10.6. The normalized spacial score (nSPS) is 13.9. The molecule has 0 aliphatic heterocycles. The van der Waals surface area contributed by atoms with Gasteiger partial charge in [-0.1, -0.05) is 74.5 Å². The predicted molar refractivity (Wildman–Crippen MR) is 350 cm³/mol. The van der Waals surface area contributed by atoms with Gasteiger partial charge in [0.15, 0.2) is 11.9 Å². The number of imidazole rings is 1. The van der Waals surface area contributed by atoms with E-state index >= 15 is 0 Å². The molecule has 0 aliphatic rings. The van der Waals surface area contributed by atoms with Crippen LogP contribution in [0.15, 0.2) is 97.6 Å². The van der Waals surface area contributed by atoms with Gasteiger partial charge < -0.3 is 101 Å². The van der Waals surface area contributed by atoms with Crippen LogP contribution in [0.4, 0.5) is 0 Å². The fourth-order valence-electron chi connectivity index (χ4n) is 10.1. The highest BCUT2D eigenvalue weighted by atomic mass is 16.4. The summed E-state index contributed by atoms with van der Waals surface area (Å²) in [7, 11) is 0. The highest BCUT2D eigenvalue weighted by molar-refractivity contribution is 5.99. The monoisotopic (exact) mass is 1320 g/mol. The summed E-state index contributed by atoms with van der Waals surface area (Å²) < 4.78 is 0. The zero-order chi connectivity index (χ0) is 69.6. The summed E-state index contributed by atoms with van der Waals surface area (Å²) in [6, 6.07) is 8.70.